The SMILES string of the molecule is CCC(C)(C)Oc1ccc(C=Nc2nsc(N)n2)cc1. The number of benzene rings is 1. The lowest BCUT2D eigenvalue weighted by Gasteiger charge is -2.24. The Balaban J connectivity index is 2.03. The minimum atomic E-state index is -0.155. The second-order valence-electron chi connectivity index (χ2n) is 4.98. The topological polar surface area (TPSA) is 73.4 Å². The molecule has 1 aromatic heterocycles. The number of ether oxygens (including phenoxy) is 1. The molecule has 0 fully saturated rings. The molecule has 0 aliphatic rings. The fraction of sp³-hybridized carbons (Fsp3) is 0.357. The lowest BCUT2D eigenvalue weighted by molar-refractivity contribution is 0.105. The number of nitrogens with zero attached hydrogens (tertiary/aromatic N) is 3. The molecule has 0 atom stereocenters. The molecule has 1 aromatic carbocycles. The molecule has 106 valence electrons. The number of hydrogen-bond acceptors (Lipinski definition) is 6. The molecule has 5 nitrogen and oxygen atoms in total. The van der Waals surface area contributed by atoms with Crippen LogP contribution < -0.4 is 10.5 Å². The van der Waals surface area contributed by atoms with Crippen molar-refractivity contribution < 1.29 is 4.74 Å². The molecule has 0 aliphatic carbocycles. The zero-order valence-corrected chi connectivity index (χ0v) is 12.6. The molecule has 2 rings (SSSR count). The van der Waals surface area contributed by atoms with Gasteiger partial charge in [0.05, 0.1) is 0 Å². The van der Waals surface area contributed by atoms with Crippen molar-refractivity contribution in [2.45, 2.75) is 32.8 Å². The van der Waals surface area contributed by atoms with Crippen LogP contribution in [-0.2, 0) is 0 Å². The van der Waals surface area contributed by atoms with Crippen molar-refractivity contribution in [3.05, 3.63) is 29.8 Å². The summed E-state index contributed by atoms with van der Waals surface area (Å²) < 4.78 is 9.88. The minimum Gasteiger partial charge on any atom is -0.488 e. The summed E-state index contributed by atoms with van der Waals surface area (Å²) in [6.45, 7) is 6.24. The predicted octanol–water partition coefficient (Wildman–Crippen LogP) is 3.44. The van der Waals surface area contributed by atoms with Crippen LogP contribution in [0.25, 0.3) is 0 Å². The van der Waals surface area contributed by atoms with Crippen molar-refractivity contribution in [3.8, 4) is 5.75 Å². The summed E-state index contributed by atoms with van der Waals surface area (Å²) in [5, 5.41) is 0.419. The normalized spacial score (nSPS) is 11.9. The molecule has 0 spiro atoms. The van der Waals surface area contributed by atoms with Gasteiger partial charge in [0.1, 0.15) is 11.4 Å². The summed E-state index contributed by atoms with van der Waals surface area (Å²) in [7, 11) is 0. The Labute approximate surface area is 122 Å². The van der Waals surface area contributed by atoms with Crippen molar-refractivity contribution in [2.24, 2.45) is 4.99 Å². The molecule has 2 N–H and O–H groups in total. The highest BCUT2D eigenvalue weighted by Gasteiger charge is 2.16. The van der Waals surface area contributed by atoms with Gasteiger partial charge in [0, 0.05) is 17.7 Å². The molecule has 0 amide bonds. The number of aliphatic imine (C=N–C) groups is 1. The first-order valence-corrected chi connectivity index (χ1v) is 7.18. The summed E-state index contributed by atoms with van der Waals surface area (Å²) in [5.74, 6) is 1.24. The summed E-state index contributed by atoms with van der Waals surface area (Å²) in [6, 6.07) is 7.75. The van der Waals surface area contributed by atoms with E-state index in [1.807, 2.05) is 24.3 Å². The second kappa shape index (κ2) is 6.00. The van der Waals surface area contributed by atoms with E-state index in [-0.39, 0.29) is 5.60 Å². The number of nitrogens with two attached hydrogens (primary N) is 1. The average molecular weight is 290 g/mol. The Hall–Kier alpha value is -1.95. The maximum absolute atomic E-state index is 5.89. The monoisotopic (exact) mass is 290 g/mol. The van der Waals surface area contributed by atoms with Gasteiger partial charge in [0.2, 0.25) is 5.13 Å². The van der Waals surface area contributed by atoms with Gasteiger partial charge < -0.3 is 10.5 Å². The highest BCUT2D eigenvalue weighted by molar-refractivity contribution is 7.09. The van der Waals surface area contributed by atoms with E-state index in [1.54, 1.807) is 6.21 Å². The first kappa shape index (κ1) is 14.5. The second-order valence-corrected chi connectivity index (χ2v) is 5.76. The molecule has 6 heteroatoms. The van der Waals surface area contributed by atoms with Crippen LogP contribution in [0.15, 0.2) is 29.3 Å². The zero-order valence-electron chi connectivity index (χ0n) is 11.8. The van der Waals surface area contributed by atoms with Crippen LogP contribution in [0.3, 0.4) is 0 Å². The Kier molecular flexibility index (Phi) is 4.34. The van der Waals surface area contributed by atoms with Gasteiger partial charge in [-0.3, -0.25) is 0 Å². The van der Waals surface area contributed by atoms with E-state index in [4.69, 9.17) is 10.5 Å². The molecule has 1 heterocycles. The van der Waals surface area contributed by atoms with E-state index in [0.717, 1.165) is 29.3 Å². The van der Waals surface area contributed by atoms with E-state index in [0.29, 0.717) is 11.1 Å². The van der Waals surface area contributed by atoms with Gasteiger partial charge >= 0.3 is 0 Å². The van der Waals surface area contributed by atoms with Crippen LogP contribution in [0.5, 0.6) is 5.75 Å². The van der Waals surface area contributed by atoms with Crippen molar-refractivity contribution in [3.63, 3.8) is 0 Å². The van der Waals surface area contributed by atoms with Crippen molar-refractivity contribution in [2.75, 3.05) is 5.73 Å². The number of hydrogen-bond donors (Lipinski definition) is 1. The summed E-state index contributed by atoms with van der Waals surface area (Å²) in [4.78, 5) is 8.13. The van der Waals surface area contributed by atoms with Crippen LogP contribution in [0.4, 0.5) is 11.1 Å². The molecular formula is C14H18N4OS. The van der Waals surface area contributed by atoms with E-state index < -0.39 is 0 Å². The van der Waals surface area contributed by atoms with Crippen LogP contribution in [0.2, 0.25) is 0 Å². The summed E-state index contributed by atoms with van der Waals surface area (Å²) in [6.07, 6.45) is 2.66. The Bertz CT molecular complexity index is 589. The fourth-order valence-electron chi connectivity index (χ4n) is 1.42. The van der Waals surface area contributed by atoms with Crippen molar-refractivity contribution in [1.29, 1.82) is 0 Å². The number of rotatable bonds is 5. The highest BCUT2D eigenvalue weighted by atomic mass is 32.1. The molecule has 2 aromatic rings. The van der Waals surface area contributed by atoms with Crippen molar-refractivity contribution in [1.82, 2.24) is 9.36 Å². The highest BCUT2D eigenvalue weighted by Crippen LogP contribution is 2.21. The largest absolute Gasteiger partial charge is 0.488 e. The van der Waals surface area contributed by atoms with E-state index >= 15 is 0 Å². The van der Waals surface area contributed by atoms with Crippen molar-refractivity contribution >= 4 is 28.8 Å². The maximum Gasteiger partial charge on any atom is 0.263 e. The molecule has 0 saturated heterocycles. The van der Waals surface area contributed by atoms with Crippen LogP contribution in [0.1, 0.15) is 32.8 Å². The number of nitrogen functional groups attached to an aromatic ring is 1. The Morgan fingerprint density at radius 2 is 2.05 bits per heavy atom. The van der Waals surface area contributed by atoms with E-state index in [1.165, 1.54) is 0 Å². The molecule has 0 unspecified atom stereocenters. The van der Waals surface area contributed by atoms with Gasteiger partial charge in [-0.25, -0.2) is 4.99 Å². The van der Waals surface area contributed by atoms with Crippen LogP contribution in [-0.4, -0.2) is 21.2 Å². The molecule has 0 radical (unpaired) electrons. The van der Waals surface area contributed by atoms with Gasteiger partial charge in [0.25, 0.3) is 5.95 Å². The van der Waals surface area contributed by atoms with Gasteiger partial charge in [-0.05, 0) is 50.1 Å². The van der Waals surface area contributed by atoms with Crippen LogP contribution >= 0.6 is 11.5 Å². The fourth-order valence-corrected chi connectivity index (χ4v) is 1.81. The molecule has 0 saturated carbocycles. The Morgan fingerprint density at radius 1 is 1.35 bits per heavy atom. The van der Waals surface area contributed by atoms with Gasteiger partial charge in [-0.1, -0.05) is 6.92 Å². The zero-order chi connectivity index (χ0) is 14.6. The average Bonchev–Trinajstić information content (AvgIpc) is 2.83. The van der Waals surface area contributed by atoms with E-state index in [9.17, 15) is 0 Å². The predicted molar refractivity (Wildman–Crippen MR) is 83.0 cm³/mol. The first-order chi connectivity index (χ1) is 9.48. The standard InChI is InChI=1S/C14H18N4OS/c1-4-14(2,3)19-11-7-5-10(6-8-11)9-16-13-17-12(15)20-18-13/h5-9H,4H2,1-3H3,(H2,15,17,18). The van der Waals surface area contributed by atoms with Gasteiger partial charge in [-0.15, -0.1) is 4.37 Å². The van der Waals surface area contributed by atoms with E-state index in [2.05, 4.69) is 35.1 Å². The lowest BCUT2D eigenvalue weighted by Crippen LogP contribution is -2.26. The minimum absolute atomic E-state index is 0.155. The molecule has 20 heavy (non-hydrogen) atoms. The smallest absolute Gasteiger partial charge is 0.263 e. The Morgan fingerprint density at radius 3 is 2.60 bits per heavy atom. The maximum atomic E-state index is 5.89. The molecular weight excluding hydrogens is 272 g/mol. The summed E-state index contributed by atoms with van der Waals surface area (Å²) in [5.41, 5.74) is 6.30. The number of aromatic nitrogens is 2. The number of anilines is 1. The first-order valence-electron chi connectivity index (χ1n) is 6.41. The summed E-state index contributed by atoms with van der Waals surface area (Å²) >= 11 is 1.13. The molecule has 0 aliphatic heterocycles. The van der Waals surface area contributed by atoms with Gasteiger partial charge in [0.15, 0.2) is 0 Å². The third-order valence-corrected chi connectivity index (χ3v) is 3.42. The quantitative estimate of drug-likeness (QED) is 0.856. The molecule has 0 bridgehead atoms. The van der Waals surface area contributed by atoms with Crippen LogP contribution in [0, 0.1) is 0 Å². The van der Waals surface area contributed by atoms with Gasteiger partial charge in [-0.2, -0.15) is 4.98 Å². The third kappa shape index (κ3) is 4.03. The lowest BCUT2D eigenvalue weighted by atomic mass is 10.1. The third-order valence-electron chi connectivity index (χ3n) is 2.89.